The average molecular weight is 349 g/mol. The molecule has 0 aliphatic rings. The summed E-state index contributed by atoms with van der Waals surface area (Å²) in [5.41, 5.74) is 1.05. The topological polar surface area (TPSA) is 34.1 Å². The molecule has 0 atom stereocenters. The van der Waals surface area contributed by atoms with Crippen LogP contribution in [0.15, 0.2) is 53.3 Å². The van der Waals surface area contributed by atoms with E-state index < -0.39 is 0 Å². The zero-order chi connectivity index (χ0) is 15.7. The van der Waals surface area contributed by atoms with Crippen molar-refractivity contribution in [3.05, 3.63) is 79.2 Å². The molecule has 0 aliphatic heterocycles. The summed E-state index contributed by atoms with van der Waals surface area (Å²) in [4.78, 5) is 24.5. The first-order valence-electron chi connectivity index (χ1n) is 6.54. The molecular weight excluding hydrogens is 339 g/mol. The smallest absolute Gasteiger partial charge is 0.243 e. The third kappa shape index (κ3) is 3.22. The van der Waals surface area contributed by atoms with Gasteiger partial charge in [-0.1, -0.05) is 52.7 Å². The molecule has 1 aromatic heterocycles. The van der Waals surface area contributed by atoms with Gasteiger partial charge in [0.05, 0.1) is 5.56 Å². The van der Waals surface area contributed by atoms with Gasteiger partial charge >= 0.3 is 0 Å². The normalized spacial score (nSPS) is 10.8. The van der Waals surface area contributed by atoms with Gasteiger partial charge in [0.25, 0.3) is 0 Å². The number of hydrogen-bond acceptors (Lipinski definition) is 3. The minimum atomic E-state index is -0.242. The van der Waals surface area contributed by atoms with Gasteiger partial charge in [-0.15, -0.1) is 0 Å². The van der Waals surface area contributed by atoms with Gasteiger partial charge < -0.3 is 0 Å². The molecular formula is C17H10Cl2O2S. The van der Waals surface area contributed by atoms with Crippen LogP contribution in [-0.4, -0.2) is 5.78 Å². The van der Waals surface area contributed by atoms with Crippen molar-refractivity contribution in [1.29, 1.82) is 0 Å². The molecule has 0 radical (unpaired) electrons. The maximum absolute atomic E-state index is 12.4. The number of rotatable bonds is 3. The quantitative estimate of drug-likeness (QED) is 0.624. The lowest BCUT2D eigenvalue weighted by molar-refractivity contribution is 0.0992. The van der Waals surface area contributed by atoms with Crippen molar-refractivity contribution >= 4 is 50.4 Å². The zero-order valence-electron chi connectivity index (χ0n) is 11.3. The largest absolute Gasteiger partial charge is 0.294 e. The molecule has 3 aromatic rings. The molecule has 5 heteroatoms. The van der Waals surface area contributed by atoms with Crippen molar-refractivity contribution < 1.29 is 4.79 Å². The summed E-state index contributed by atoms with van der Waals surface area (Å²) in [5, 5.41) is 2.03. The summed E-state index contributed by atoms with van der Waals surface area (Å²) >= 11 is 12.8. The SMILES string of the molecule is O=C(Cc1ccc(Cl)cc1)c1cc2ccc(Cl)cc2sc1=O. The summed E-state index contributed by atoms with van der Waals surface area (Å²) in [6, 6.07) is 14.0. The Labute approximate surface area is 140 Å². The van der Waals surface area contributed by atoms with Crippen LogP contribution in [0.2, 0.25) is 10.0 Å². The number of ketones is 1. The van der Waals surface area contributed by atoms with Crippen LogP contribution in [0.4, 0.5) is 0 Å². The Morgan fingerprint density at radius 2 is 1.64 bits per heavy atom. The van der Waals surface area contributed by atoms with E-state index in [-0.39, 0.29) is 22.5 Å². The maximum atomic E-state index is 12.4. The van der Waals surface area contributed by atoms with Crippen molar-refractivity contribution in [3.8, 4) is 0 Å². The summed E-state index contributed by atoms with van der Waals surface area (Å²) in [7, 11) is 0. The van der Waals surface area contributed by atoms with Crippen molar-refractivity contribution in [1.82, 2.24) is 0 Å². The standard InChI is InChI=1S/C17H10Cl2O2S/c18-12-4-1-10(2-5-12)7-15(20)14-8-11-3-6-13(19)9-16(11)22-17(14)21/h1-6,8-9H,7H2. The number of benzene rings is 2. The first-order valence-corrected chi connectivity index (χ1v) is 8.11. The Bertz CT molecular complexity index is 914. The number of carbonyl (C=O) groups excluding carboxylic acids is 1. The van der Waals surface area contributed by atoms with Crippen LogP contribution in [0.25, 0.3) is 10.1 Å². The Kier molecular flexibility index (Phi) is 4.30. The molecule has 2 aromatic carbocycles. The summed E-state index contributed by atoms with van der Waals surface area (Å²) in [5.74, 6) is -0.194. The number of Topliss-reactive ketones (excluding diaryl/α,β-unsaturated/α-hetero) is 1. The van der Waals surface area contributed by atoms with Gasteiger partial charge in [0.15, 0.2) is 5.78 Å². The highest BCUT2D eigenvalue weighted by Gasteiger charge is 2.13. The molecule has 0 unspecified atom stereocenters. The van der Waals surface area contributed by atoms with E-state index in [4.69, 9.17) is 23.2 Å². The van der Waals surface area contributed by atoms with Crippen LogP contribution >= 0.6 is 34.5 Å². The van der Waals surface area contributed by atoms with Gasteiger partial charge in [-0.2, -0.15) is 0 Å². The van der Waals surface area contributed by atoms with Crippen LogP contribution < -0.4 is 4.74 Å². The van der Waals surface area contributed by atoms with E-state index in [2.05, 4.69) is 0 Å². The van der Waals surface area contributed by atoms with Crippen LogP contribution in [0, 0.1) is 0 Å². The van der Waals surface area contributed by atoms with Gasteiger partial charge in [-0.3, -0.25) is 9.59 Å². The fourth-order valence-corrected chi connectivity index (χ4v) is 3.44. The van der Waals surface area contributed by atoms with Gasteiger partial charge in [0.1, 0.15) is 0 Å². The van der Waals surface area contributed by atoms with E-state index in [1.165, 1.54) is 0 Å². The van der Waals surface area contributed by atoms with Crippen LogP contribution in [-0.2, 0) is 6.42 Å². The van der Waals surface area contributed by atoms with Gasteiger partial charge in [0, 0.05) is 21.2 Å². The third-order valence-electron chi connectivity index (χ3n) is 3.28. The Hall–Kier alpha value is -1.68. The lowest BCUT2D eigenvalue weighted by Crippen LogP contribution is -2.13. The maximum Gasteiger partial charge on any atom is 0.243 e. The Balaban J connectivity index is 1.96. The van der Waals surface area contributed by atoms with Gasteiger partial charge in [-0.25, -0.2) is 0 Å². The highest BCUT2D eigenvalue weighted by Crippen LogP contribution is 2.22. The summed E-state index contributed by atoms with van der Waals surface area (Å²) < 4.78 is 0.536. The fraction of sp³-hybridized carbons (Fsp3) is 0.0588. The van der Waals surface area contributed by atoms with E-state index in [0.717, 1.165) is 27.0 Å². The third-order valence-corrected chi connectivity index (χ3v) is 4.74. The second-order valence-electron chi connectivity index (χ2n) is 4.86. The minimum absolute atomic E-state index is 0.179. The summed E-state index contributed by atoms with van der Waals surface area (Å²) in [6.45, 7) is 0. The molecule has 0 saturated carbocycles. The molecule has 1 heterocycles. The van der Waals surface area contributed by atoms with E-state index in [1.54, 1.807) is 42.5 Å². The molecule has 0 N–H and O–H groups in total. The van der Waals surface area contributed by atoms with Gasteiger partial charge in [-0.05, 0) is 41.3 Å². The first-order chi connectivity index (χ1) is 10.5. The average Bonchev–Trinajstić information content (AvgIpc) is 2.48. The molecule has 0 saturated heterocycles. The van der Waals surface area contributed by atoms with Crippen molar-refractivity contribution in [2.75, 3.05) is 0 Å². The summed E-state index contributed by atoms with van der Waals surface area (Å²) in [6.07, 6.45) is 0.179. The molecule has 0 amide bonds. The molecule has 3 rings (SSSR count). The van der Waals surface area contributed by atoms with Crippen LogP contribution in [0.3, 0.4) is 0 Å². The van der Waals surface area contributed by atoms with Gasteiger partial charge in [0.2, 0.25) is 4.74 Å². The Morgan fingerprint density at radius 1 is 0.955 bits per heavy atom. The monoisotopic (exact) mass is 348 g/mol. The molecule has 22 heavy (non-hydrogen) atoms. The van der Waals surface area contributed by atoms with E-state index in [0.29, 0.717) is 10.0 Å². The highest BCUT2D eigenvalue weighted by molar-refractivity contribution is 7.16. The lowest BCUT2D eigenvalue weighted by atomic mass is 10.0. The number of hydrogen-bond donors (Lipinski definition) is 0. The molecule has 0 aliphatic carbocycles. The van der Waals surface area contributed by atoms with Crippen molar-refractivity contribution in [2.24, 2.45) is 0 Å². The van der Waals surface area contributed by atoms with Crippen molar-refractivity contribution in [3.63, 3.8) is 0 Å². The second kappa shape index (κ2) is 6.21. The zero-order valence-corrected chi connectivity index (χ0v) is 13.6. The lowest BCUT2D eigenvalue weighted by Gasteiger charge is -2.03. The second-order valence-corrected chi connectivity index (χ2v) is 6.74. The van der Waals surface area contributed by atoms with Crippen molar-refractivity contribution in [2.45, 2.75) is 6.42 Å². The predicted molar refractivity (Wildman–Crippen MR) is 92.6 cm³/mol. The highest BCUT2D eigenvalue weighted by atomic mass is 35.5. The molecule has 0 fully saturated rings. The van der Waals surface area contributed by atoms with Crippen LogP contribution in [0.5, 0.6) is 0 Å². The molecule has 0 bridgehead atoms. The predicted octanol–water partition coefficient (Wildman–Crippen LogP) is 4.99. The van der Waals surface area contributed by atoms with E-state index >= 15 is 0 Å². The number of halogens is 2. The first kappa shape index (κ1) is 15.2. The van der Waals surface area contributed by atoms with E-state index in [9.17, 15) is 9.59 Å². The molecule has 110 valence electrons. The molecule has 2 nitrogen and oxygen atoms in total. The Morgan fingerprint density at radius 3 is 2.36 bits per heavy atom. The van der Waals surface area contributed by atoms with E-state index in [1.807, 2.05) is 6.07 Å². The number of fused-ring (bicyclic) bond motifs is 1. The van der Waals surface area contributed by atoms with Crippen LogP contribution in [0.1, 0.15) is 15.9 Å². The molecule has 0 spiro atoms. The minimum Gasteiger partial charge on any atom is -0.294 e. The number of carbonyl (C=O) groups is 1. The fourth-order valence-electron chi connectivity index (χ4n) is 2.16.